The summed E-state index contributed by atoms with van der Waals surface area (Å²) in [6.45, 7) is 2.87. The number of aromatic nitrogens is 3. The Bertz CT molecular complexity index is 308. The Hall–Kier alpha value is -1.39. The molecule has 14 heavy (non-hydrogen) atoms. The second-order valence-corrected chi connectivity index (χ2v) is 3.30. The van der Waals surface area contributed by atoms with Crippen LogP contribution in [0.1, 0.15) is 30.3 Å². The van der Waals surface area contributed by atoms with Crippen LogP contribution in [0.5, 0.6) is 0 Å². The van der Waals surface area contributed by atoms with Gasteiger partial charge in [0.2, 0.25) is 0 Å². The molecule has 0 spiro atoms. The summed E-state index contributed by atoms with van der Waals surface area (Å²) in [4.78, 5) is 14.7. The molecule has 0 unspecified atom stereocenters. The largest absolute Gasteiger partial charge is 0.340 e. The predicted molar refractivity (Wildman–Crippen MR) is 52.9 cm³/mol. The van der Waals surface area contributed by atoms with Gasteiger partial charge in [0, 0.05) is 20.6 Å². The van der Waals surface area contributed by atoms with Crippen molar-refractivity contribution in [2.24, 2.45) is 7.05 Å². The van der Waals surface area contributed by atoms with Crippen molar-refractivity contribution in [2.45, 2.75) is 19.8 Å². The van der Waals surface area contributed by atoms with Crippen LogP contribution in [0.4, 0.5) is 0 Å². The molecule has 0 radical (unpaired) electrons. The molecule has 78 valence electrons. The molecular weight excluding hydrogens is 180 g/mol. The van der Waals surface area contributed by atoms with E-state index in [9.17, 15) is 4.79 Å². The van der Waals surface area contributed by atoms with Crippen LogP contribution in [0, 0.1) is 0 Å². The van der Waals surface area contributed by atoms with Crippen LogP contribution in [0.25, 0.3) is 0 Å². The molecule has 0 fully saturated rings. The number of unbranched alkanes of at least 4 members (excludes halogenated alkanes) is 1. The third-order valence-corrected chi connectivity index (χ3v) is 2.01. The summed E-state index contributed by atoms with van der Waals surface area (Å²) in [5.41, 5.74) is 0.408. The van der Waals surface area contributed by atoms with E-state index < -0.39 is 0 Å². The minimum Gasteiger partial charge on any atom is -0.340 e. The smallest absolute Gasteiger partial charge is 0.275 e. The van der Waals surface area contributed by atoms with Crippen molar-refractivity contribution in [1.82, 2.24) is 19.9 Å². The zero-order valence-corrected chi connectivity index (χ0v) is 8.90. The van der Waals surface area contributed by atoms with Gasteiger partial charge in [-0.2, -0.15) is 9.90 Å². The van der Waals surface area contributed by atoms with Gasteiger partial charge >= 0.3 is 0 Å². The lowest BCUT2D eigenvalue weighted by Crippen LogP contribution is -2.28. The van der Waals surface area contributed by atoms with Crippen LogP contribution in [-0.4, -0.2) is 39.4 Å². The summed E-state index contributed by atoms with van der Waals surface area (Å²) in [5, 5.41) is 7.81. The lowest BCUT2D eigenvalue weighted by Gasteiger charge is -2.14. The highest BCUT2D eigenvalue weighted by Crippen LogP contribution is 1.99. The van der Waals surface area contributed by atoms with E-state index in [0.717, 1.165) is 19.4 Å². The third kappa shape index (κ3) is 2.55. The zero-order valence-electron chi connectivity index (χ0n) is 8.90. The van der Waals surface area contributed by atoms with E-state index in [-0.39, 0.29) is 5.91 Å². The summed E-state index contributed by atoms with van der Waals surface area (Å²) >= 11 is 0. The molecule has 0 aromatic carbocycles. The summed E-state index contributed by atoms with van der Waals surface area (Å²) in [5.74, 6) is -0.0634. The monoisotopic (exact) mass is 196 g/mol. The fraction of sp³-hybridized carbons (Fsp3) is 0.667. The zero-order chi connectivity index (χ0) is 10.6. The van der Waals surface area contributed by atoms with Crippen molar-refractivity contribution < 1.29 is 4.79 Å². The van der Waals surface area contributed by atoms with Crippen LogP contribution < -0.4 is 0 Å². The quantitative estimate of drug-likeness (QED) is 0.711. The van der Waals surface area contributed by atoms with Crippen LogP contribution in [-0.2, 0) is 7.05 Å². The van der Waals surface area contributed by atoms with Crippen molar-refractivity contribution >= 4 is 5.91 Å². The highest BCUT2D eigenvalue weighted by atomic mass is 16.2. The number of carbonyl (C=O) groups is 1. The molecule has 0 aliphatic heterocycles. The average Bonchev–Trinajstić information content (AvgIpc) is 2.60. The molecule has 0 aliphatic carbocycles. The summed E-state index contributed by atoms with van der Waals surface area (Å²) in [6, 6.07) is 0. The fourth-order valence-corrected chi connectivity index (χ4v) is 1.14. The van der Waals surface area contributed by atoms with Gasteiger partial charge in [-0.1, -0.05) is 13.3 Å². The Kier molecular flexibility index (Phi) is 3.62. The highest BCUT2D eigenvalue weighted by molar-refractivity contribution is 5.91. The number of amides is 1. The van der Waals surface area contributed by atoms with Crippen LogP contribution in [0.2, 0.25) is 0 Å². The summed E-state index contributed by atoms with van der Waals surface area (Å²) in [7, 11) is 3.48. The second kappa shape index (κ2) is 4.74. The molecule has 1 aromatic heterocycles. The third-order valence-electron chi connectivity index (χ3n) is 2.01. The molecule has 0 saturated carbocycles. The van der Waals surface area contributed by atoms with Crippen LogP contribution >= 0.6 is 0 Å². The van der Waals surface area contributed by atoms with E-state index >= 15 is 0 Å². The van der Waals surface area contributed by atoms with E-state index in [1.165, 1.54) is 11.0 Å². The number of hydrogen-bond acceptors (Lipinski definition) is 3. The van der Waals surface area contributed by atoms with E-state index in [2.05, 4.69) is 17.1 Å². The van der Waals surface area contributed by atoms with Gasteiger partial charge < -0.3 is 4.90 Å². The van der Waals surface area contributed by atoms with Crippen molar-refractivity contribution in [2.75, 3.05) is 13.6 Å². The molecule has 5 heteroatoms. The number of rotatable bonds is 4. The number of hydrogen-bond donors (Lipinski definition) is 0. The van der Waals surface area contributed by atoms with Crippen molar-refractivity contribution in [3.63, 3.8) is 0 Å². The molecule has 0 saturated heterocycles. The average molecular weight is 196 g/mol. The standard InChI is InChI=1S/C9H16N4O/c1-4-5-6-12(2)9(14)8-7-10-13(3)11-8/h7H,4-6H2,1-3H3. The summed E-state index contributed by atoms with van der Waals surface area (Å²) in [6.07, 6.45) is 3.59. The summed E-state index contributed by atoms with van der Waals surface area (Å²) < 4.78 is 0. The maximum atomic E-state index is 11.7. The maximum absolute atomic E-state index is 11.7. The highest BCUT2D eigenvalue weighted by Gasteiger charge is 2.13. The molecule has 1 aromatic rings. The first-order valence-electron chi connectivity index (χ1n) is 4.77. The Morgan fingerprint density at radius 3 is 2.86 bits per heavy atom. The molecule has 1 heterocycles. The van der Waals surface area contributed by atoms with Crippen molar-refractivity contribution in [3.05, 3.63) is 11.9 Å². The van der Waals surface area contributed by atoms with Gasteiger partial charge in [-0.05, 0) is 6.42 Å². The normalized spacial score (nSPS) is 10.2. The lowest BCUT2D eigenvalue weighted by molar-refractivity contribution is 0.0786. The molecular formula is C9H16N4O. The lowest BCUT2D eigenvalue weighted by atomic mass is 10.3. The molecule has 1 rings (SSSR count). The van der Waals surface area contributed by atoms with E-state index in [1.807, 2.05) is 0 Å². The van der Waals surface area contributed by atoms with Gasteiger partial charge in [-0.25, -0.2) is 0 Å². The van der Waals surface area contributed by atoms with Gasteiger partial charge in [-0.15, -0.1) is 5.10 Å². The molecule has 0 aliphatic rings. The molecule has 5 nitrogen and oxygen atoms in total. The van der Waals surface area contributed by atoms with Gasteiger partial charge in [0.05, 0.1) is 6.20 Å². The van der Waals surface area contributed by atoms with Gasteiger partial charge in [0.25, 0.3) is 5.91 Å². The number of carbonyl (C=O) groups excluding carboxylic acids is 1. The Morgan fingerprint density at radius 2 is 2.36 bits per heavy atom. The van der Waals surface area contributed by atoms with E-state index in [0.29, 0.717) is 5.69 Å². The van der Waals surface area contributed by atoms with Crippen molar-refractivity contribution in [3.8, 4) is 0 Å². The molecule has 0 N–H and O–H groups in total. The Labute approximate surface area is 83.7 Å². The fourth-order valence-electron chi connectivity index (χ4n) is 1.14. The topological polar surface area (TPSA) is 51.0 Å². The molecule has 1 amide bonds. The predicted octanol–water partition coefficient (Wildman–Crippen LogP) is 0.687. The molecule has 0 atom stereocenters. The first-order valence-corrected chi connectivity index (χ1v) is 4.77. The van der Waals surface area contributed by atoms with E-state index in [4.69, 9.17) is 0 Å². The first kappa shape index (κ1) is 10.7. The number of nitrogens with zero attached hydrogens (tertiary/aromatic N) is 4. The Morgan fingerprint density at radius 1 is 1.64 bits per heavy atom. The van der Waals surface area contributed by atoms with Crippen LogP contribution in [0.15, 0.2) is 6.20 Å². The van der Waals surface area contributed by atoms with Gasteiger partial charge in [-0.3, -0.25) is 4.79 Å². The maximum Gasteiger partial charge on any atom is 0.275 e. The first-order chi connectivity index (χ1) is 6.65. The minimum absolute atomic E-state index is 0.0634. The van der Waals surface area contributed by atoms with Gasteiger partial charge in [0.1, 0.15) is 0 Å². The molecule has 0 bridgehead atoms. The van der Waals surface area contributed by atoms with Gasteiger partial charge in [0.15, 0.2) is 5.69 Å². The van der Waals surface area contributed by atoms with Crippen LogP contribution in [0.3, 0.4) is 0 Å². The minimum atomic E-state index is -0.0634. The second-order valence-electron chi connectivity index (χ2n) is 3.30. The van der Waals surface area contributed by atoms with E-state index in [1.54, 1.807) is 19.0 Å². The number of aryl methyl sites for hydroxylation is 1. The SMILES string of the molecule is CCCCN(C)C(=O)c1cnn(C)n1. The van der Waals surface area contributed by atoms with Crippen molar-refractivity contribution in [1.29, 1.82) is 0 Å². The Balaban J connectivity index is 2.56.